The van der Waals surface area contributed by atoms with Crippen molar-refractivity contribution < 1.29 is 13.2 Å². The maximum absolute atomic E-state index is 13.4. The fraction of sp³-hybridized carbons (Fsp3) is 0.571. The molecule has 1 aliphatic rings. The van der Waals surface area contributed by atoms with Gasteiger partial charge in [0.2, 0.25) is 0 Å². The third-order valence-corrected chi connectivity index (χ3v) is 3.62. The number of alkyl halides is 3. The molecule has 1 fully saturated rings. The van der Waals surface area contributed by atoms with Crippen LogP contribution < -0.4 is 5.32 Å². The molecule has 19 heavy (non-hydrogen) atoms. The Bertz CT molecular complexity index is 391. The van der Waals surface area contributed by atoms with Gasteiger partial charge in [0, 0.05) is 12.6 Å². The average molecular weight is 272 g/mol. The highest BCUT2D eigenvalue weighted by Gasteiger charge is 2.47. The minimum atomic E-state index is -4.24. The molecule has 1 N–H and O–H groups in total. The minimum Gasteiger partial charge on any atom is -0.318 e. The standard InChI is InChI=1S/C14H19F3N2/c1-18-10-12-8-5-9-19(12)13(14(15,16)17)11-6-3-2-4-7-11/h2-4,6-7,12-13,18H,5,8-10H2,1H3. The fourth-order valence-electron chi connectivity index (χ4n) is 2.86. The van der Waals surface area contributed by atoms with Gasteiger partial charge in [-0.05, 0) is 32.0 Å². The van der Waals surface area contributed by atoms with E-state index in [1.54, 1.807) is 42.3 Å². The molecule has 5 heteroatoms. The highest BCUT2D eigenvalue weighted by molar-refractivity contribution is 5.21. The Morgan fingerprint density at radius 1 is 1.32 bits per heavy atom. The number of halogens is 3. The summed E-state index contributed by atoms with van der Waals surface area (Å²) in [6, 6.07) is 6.66. The van der Waals surface area contributed by atoms with Crippen molar-refractivity contribution in [3.63, 3.8) is 0 Å². The van der Waals surface area contributed by atoms with E-state index in [0.29, 0.717) is 18.7 Å². The van der Waals surface area contributed by atoms with Gasteiger partial charge in [-0.2, -0.15) is 13.2 Å². The van der Waals surface area contributed by atoms with E-state index in [1.165, 1.54) is 0 Å². The van der Waals surface area contributed by atoms with Crippen LogP contribution in [0.1, 0.15) is 24.4 Å². The molecule has 1 aromatic rings. The molecule has 0 bridgehead atoms. The molecule has 0 radical (unpaired) electrons. The molecule has 1 saturated heterocycles. The fourth-order valence-corrected chi connectivity index (χ4v) is 2.86. The third kappa shape index (κ3) is 3.28. The van der Waals surface area contributed by atoms with Gasteiger partial charge in [-0.15, -0.1) is 0 Å². The number of likely N-dealkylation sites (tertiary alicyclic amines) is 1. The molecule has 106 valence electrons. The van der Waals surface area contributed by atoms with Crippen LogP contribution in [0, 0.1) is 0 Å². The molecule has 2 rings (SSSR count). The molecule has 2 nitrogen and oxygen atoms in total. The van der Waals surface area contributed by atoms with Gasteiger partial charge in [-0.25, -0.2) is 0 Å². The smallest absolute Gasteiger partial charge is 0.318 e. The molecule has 0 saturated carbocycles. The summed E-state index contributed by atoms with van der Waals surface area (Å²) in [6.45, 7) is 1.10. The zero-order chi connectivity index (χ0) is 13.9. The first-order valence-corrected chi connectivity index (χ1v) is 6.56. The highest BCUT2D eigenvalue weighted by Crippen LogP contribution is 2.41. The summed E-state index contributed by atoms with van der Waals surface area (Å²) in [5, 5.41) is 2.99. The molecular formula is C14H19F3N2. The molecule has 1 heterocycles. The summed E-state index contributed by atoms with van der Waals surface area (Å²) in [5.41, 5.74) is 0.331. The highest BCUT2D eigenvalue weighted by atomic mass is 19.4. The zero-order valence-corrected chi connectivity index (χ0v) is 11.0. The third-order valence-electron chi connectivity index (χ3n) is 3.62. The summed E-state index contributed by atoms with van der Waals surface area (Å²) in [4.78, 5) is 1.59. The van der Waals surface area contributed by atoms with Gasteiger partial charge in [0.1, 0.15) is 6.04 Å². The Labute approximate surface area is 111 Å². The van der Waals surface area contributed by atoms with Gasteiger partial charge < -0.3 is 5.32 Å². The number of rotatable bonds is 4. The van der Waals surface area contributed by atoms with Crippen LogP contribution in [0.5, 0.6) is 0 Å². The topological polar surface area (TPSA) is 15.3 Å². The second kappa shape index (κ2) is 5.92. The van der Waals surface area contributed by atoms with E-state index < -0.39 is 12.2 Å². The lowest BCUT2D eigenvalue weighted by Gasteiger charge is -2.34. The SMILES string of the molecule is CNCC1CCCN1C(c1ccccc1)C(F)(F)F. The van der Waals surface area contributed by atoms with Crippen LogP contribution in [0.2, 0.25) is 0 Å². The molecule has 0 aromatic heterocycles. The summed E-state index contributed by atoms with van der Waals surface area (Å²) in [5.74, 6) is 0. The molecular weight excluding hydrogens is 253 g/mol. The van der Waals surface area contributed by atoms with E-state index in [-0.39, 0.29) is 6.04 Å². The van der Waals surface area contributed by atoms with Gasteiger partial charge in [0.15, 0.2) is 0 Å². The molecule has 2 atom stereocenters. The zero-order valence-electron chi connectivity index (χ0n) is 11.0. The van der Waals surface area contributed by atoms with Crippen molar-refractivity contribution >= 4 is 0 Å². The minimum absolute atomic E-state index is 0.0446. The first-order valence-electron chi connectivity index (χ1n) is 6.56. The van der Waals surface area contributed by atoms with Crippen LogP contribution in [0.3, 0.4) is 0 Å². The summed E-state index contributed by atoms with van der Waals surface area (Å²) in [7, 11) is 1.78. The van der Waals surface area contributed by atoms with E-state index in [9.17, 15) is 13.2 Å². The van der Waals surface area contributed by atoms with E-state index in [4.69, 9.17) is 0 Å². The van der Waals surface area contributed by atoms with Gasteiger partial charge in [0.05, 0.1) is 0 Å². The number of benzene rings is 1. The van der Waals surface area contributed by atoms with E-state index in [1.807, 2.05) is 0 Å². The molecule has 0 spiro atoms. The lowest BCUT2D eigenvalue weighted by atomic mass is 10.0. The molecule has 1 aromatic carbocycles. The quantitative estimate of drug-likeness (QED) is 0.906. The number of nitrogens with zero attached hydrogens (tertiary/aromatic N) is 1. The largest absolute Gasteiger partial charge is 0.408 e. The normalized spacial score (nSPS) is 22.6. The number of hydrogen-bond acceptors (Lipinski definition) is 2. The van der Waals surface area contributed by atoms with Crippen molar-refractivity contribution in [3.05, 3.63) is 35.9 Å². The van der Waals surface area contributed by atoms with Gasteiger partial charge in [-0.1, -0.05) is 30.3 Å². The van der Waals surface area contributed by atoms with Gasteiger partial charge in [-0.3, -0.25) is 4.90 Å². The van der Waals surface area contributed by atoms with Crippen molar-refractivity contribution in [3.8, 4) is 0 Å². The van der Waals surface area contributed by atoms with Crippen LogP contribution in [-0.2, 0) is 0 Å². The molecule has 0 aliphatic carbocycles. The first kappa shape index (κ1) is 14.3. The van der Waals surface area contributed by atoms with E-state index in [0.717, 1.165) is 12.8 Å². The van der Waals surface area contributed by atoms with E-state index >= 15 is 0 Å². The Morgan fingerprint density at radius 3 is 2.58 bits per heavy atom. The Kier molecular flexibility index (Phi) is 4.47. The maximum Gasteiger partial charge on any atom is 0.408 e. The van der Waals surface area contributed by atoms with E-state index in [2.05, 4.69) is 5.32 Å². The van der Waals surface area contributed by atoms with Crippen molar-refractivity contribution in [1.29, 1.82) is 0 Å². The predicted octanol–water partition coefficient (Wildman–Crippen LogP) is 2.97. The second-order valence-electron chi connectivity index (χ2n) is 4.95. The van der Waals surface area contributed by atoms with Crippen molar-refractivity contribution in [2.75, 3.05) is 20.1 Å². The lowest BCUT2D eigenvalue weighted by molar-refractivity contribution is -0.188. The van der Waals surface area contributed by atoms with Crippen LogP contribution in [0.15, 0.2) is 30.3 Å². The van der Waals surface area contributed by atoms with Crippen molar-refractivity contribution in [2.45, 2.75) is 31.1 Å². The van der Waals surface area contributed by atoms with Crippen LogP contribution >= 0.6 is 0 Å². The first-order chi connectivity index (χ1) is 9.04. The molecule has 2 unspecified atom stereocenters. The number of likely N-dealkylation sites (N-methyl/N-ethyl adjacent to an activating group) is 1. The summed E-state index contributed by atoms with van der Waals surface area (Å²) in [6.07, 6.45) is -2.59. The van der Waals surface area contributed by atoms with Crippen LogP contribution in [-0.4, -0.2) is 37.3 Å². The Morgan fingerprint density at radius 2 is 2.00 bits per heavy atom. The monoisotopic (exact) mass is 272 g/mol. The molecule has 0 amide bonds. The van der Waals surface area contributed by atoms with Crippen LogP contribution in [0.25, 0.3) is 0 Å². The average Bonchev–Trinajstić information content (AvgIpc) is 2.78. The van der Waals surface area contributed by atoms with Crippen LogP contribution in [0.4, 0.5) is 13.2 Å². The summed E-state index contributed by atoms with van der Waals surface area (Å²) >= 11 is 0. The maximum atomic E-state index is 13.4. The Hall–Kier alpha value is -1.07. The molecule has 1 aliphatic heterocycles. The second-order valence-corrected chi connectivity index (χ2v) is 4.95. The van der Waals surface area contributed by atoms with Crippen molar-refractivity contribution in [2.24, 2.45) is 0 Å². The number of nitrogens with one attached hydrogen (secondary N) is 1. The Balaban J connectivity index is 2.28. The van der Waals surface area contributed by atoms with Gasteiger partial charge in [0.25, 0.3) is 0 Å². The lowest BCUT2D eigenvalue weighted by Crippen LogP contribution is -2.44. The summed E-state index contributed by atoms with van der Waals surface area (Å²) < 4.78 is 40.2. The van der Waals surface area contributed by atoms with Gasteiger partial charge >= 0.3 is 6.18 Å². The number of hydrogen-bond donors (Lipinski definition) is 1. The van der Waals surface area contributed by atoms with Crippen molar-refractivity contribution in [1.82, 2.24) is 10.2 Å². The predicted molar refractivity (Wildman–Crippen MR) is 68.9 cm³/mol.